The molecule has 3 rings (SSSR count). The molecule has 2 atom stereocenters. The highest BCUT2D eigenvalue weighted by atomic mass is 16.4. The van der Waals surface area contributed by atoms with E-state index in [1.54, 1.807) is 18.2 Å². The van der Waals surface area contributed by atoms with Gasteiger partial charge in [0.15, 0.2) is 0 Å². The van der Waals surface area contributed by atoms with Crippen LogP contribution >= 0.6 is 0 Å². The quantitative estimate of drug-likeness (QED) is 0.909. The zero-order valence-electron chi connectivity index (χ0n) is 12.2. The lowest BCUT2D eigenvalue weighted by Crippen LogP contribution is -2.28. The summed E-state index contributed by atoms with van der Waals surface area (Å²) in [7, 11) is 0. The predicted octanol–water partition coefficient (Wildman–Crippen LogP) is 3.07. The van der Waals surface area contributed by atoms with Gasteiger partial charge in [-0.25, -0.2) is 4.79 Å². The molecule has 1 aliphatic carbocycles. The number of nitrogens with zero attached hydrogens (tertiary/aromatic N) is 1. The van der Waals surface area contributed by atoms with Gasteiger partial charge in [0, 0.05) is 17.0 Å². The molecular weight excluding hydrogens is 282 g/mol. The first kappa shape index (κ1) is 14.5. The first-order valence-electron chi connectivity index (χ1n) is 7.40. The minimum atomic E-state index is -1.02. The molecule has 1 heterocycles. The Bertz CT molecular complexity index is 769. The van der Waals surface area contributed by atoms with Crippen molar-refractivity contribution in [2.45, 2.75) is 32.1 Å². The highest BCUT2D eigenvalue weighted by molar-refractivity contribution is 6.04. The van der Waals surface area contributed by atoms with E-state index < -0.39 is 17.9 Å². The highest BCUT2D eigenvalue weighted by Crippen LogP contribution is 2.39. The number of aromatic carboxylic acids is 1. The van der Waals surface area contributed by atoms with Crippen molar-refractivity contribution in [3.63, 3.8) is 0 Å². The number of aromatic nitrogens is 1. The van der Waals surface area contributed by atoms with Gasteiger partial charge in [0.05, 0.1) is 17.0 Å². The molecule has 1 aromatic heterocycles. The van der Waals surface area contributed by atoms with Crippen LogP contribution in [0.15, 0.2) is 24.3 Å². The molecule has 0 aliphatic heterocycles. The number of fused-ring (bicyclic) bond motifs is 2. The summed E-state index contributed by atoms with van der Waals surface area (Å²) in [6.45, 7) is 1.98. The fraction of sp³-hybridized carbons (Fsp3) is 0.353. The Labute approximate surface area is 127 Å². The third kappa shape index (κ3) is 2.22. The average molecular weight is 299 g/mol. The highest BCUT2D eigenvalue weighted by Gasteiger charge is 2.34. The number of rotatable bonds is 3. The zero-order chi connectivity index (χ0) is 15.9. The number of pyridine rings is 1. The fourth-order valence-corrected chi connectivity index (χ4v) is 3.39. The van der Waals surface area contributed by atoms with Gasteiger partial charge in [-0.2, -0.15) is 0 Å². The normalized spacial score (nSPS) is 20.6. The topological polar surface area (TPSA) is 87.5 Å². The Morgan fingerprint density at radius 3 is 2.64 bits per heavy atom. The predicted molar refractivity (Wildman–Crippen MR) is 81.2 cm³/mol. The lowest BCUT2D eigenvalue weighted by Gasteiger charge is -2.29. The molecule has 1 aromatic carbocycles. The van der Waals surface area contributed by atoms with E-state index in [1.807, 2.05) is 13.0 Å². The van der Waals surface area contributed by atoms with Crippen molar-refractivity contribution in [3.8, 4) is 0 Å². The molecule has 114 valence electrons. The van der Waals surface area contributed by atoms with Crippen LogP contribution in [-0.2, 0) is 11.2 Å². The van der Waals surface area contributed by atoms with Gasteiger partial charge in [-0.05, 0) is 30.9 Å². The van der Waals surface area contributed by atoms with Crippen LogP contribution in [0, 0.1) is 5.92 Å². The molecule has 0 bridgehead atoms. The van der Waals surface area contributed by atoms with Crippen molar-refractivity contribution in [3.05, 3.63) is 41.1 Å². The van der Waals surface area contributed by atoms with Crippen LogP contribution in [-0.4, -0.2) is 27.1 Å². The third-order valence-electron chi connectivity index (χ3n) is 4.49. The maximum Gasteiger partial charge on any atom is 0.336 e. The Hall–Kier alpha value is -2.43. The van der Waals surface area contributed by atoms with E-state index in [1.165, 1.54) is 0 Å². The van der Waals surface area contributed by atoms with Crippen LogP contribution in [0.2, 0.25) is 0 Å². The fourth-order valence-electron chi connectivity index (χ4n) is 3.39. The minimum Gasteiger partial charge on any atom is -0.481 e. The van der Waals surface area contributed by atoms with Gasteiger partial charge in [-0.3, -0.25) is 9.78 Å². The maximum atomic E-state index is 11.8. The molecule has 5 nitrogen and oxygen atoms in total. The summed E-state index contributed by atoms with van der Waals surface area (Å²) in [6.07, 6.45) is 1.51. The van der Waals surface area contributed by atoms with Crippen molar-refractivity contribution < 1.29 is 19.8 Å². The number of benzene rings is 1. The van der Waals surface area contributed by atoms with Crippen LogP contribution in [0.5, 0.6) is 0 Å². The number of para-hydroxylation sites is 1. The third-order valence-corrected chi connectivity index (χ3v) is 4.49. The first-order valence-corrected chi connectivity index (χ1v) is 7.40. The SMILES string of the molecule is CCC1CC(C(=O)O)Cc2c1nc1ccccc1c2C(=O)O. The Morgan fingerprint density at radius 2 is 2.00 bits per heavy atom. The summed E-state index contributed by atoms with van der Waals surface area (Å²) in [4.78, 5) is 27.8. The summed E-state index contributed by atoms with van der Waals surface area (Å²) >= 11 is 0. The molecule has 2 unspecified atom stereocenters. The Balaban J connectivity index is 2.31. The second-order valence-electron chi connectivity index (χ2n) is 5.75. The number of carboxylic acids is 2. The van der Waals surface area contributed by atoms with E-state index in [0.717, 1.165) is 12.1 Å². The van der Waals surface area contributed by atoms with E-state index >= 15 is 0 Å². The van der Waals surface area contributed by atoms with E-state index in [4.69, 9.17) is 0 Å². The molecule has 0 saturated carbocycles. The van der Waals surface area contributed by atoms with E-state index in [-0.39, 0.29) is 17.9 Å². The second-order valence-corrected chi connectivity index (χ2v) is 5.75. The molecule has 2 aromatic rings. The van der Waals surface area contributed by atoms with E-state index in [9.17, 15) is 19.8 Å². The summed E-state index contributed by atoms with van der Waals surface area (Å²) in [5.41, 5.74) is 2.23. The Morgan fingerprint density at radius 1 is 1.27 bits per heavy atom. The monoisotopic (exact) mass is 299 g/mol. The molecule has 2 N–H and O–H groups in total. The standard InChI is InChI=1S/C17H17NO4/c1-2-9-7-10(16(19)20)8-12-14(17(21)22)11-5-3-4-6-13(11)18-15(9)12/h3-6,9-10H,2,7-8H2,1H3,(H,19,20)(H,21,22). The minimum absolute atomic E-state index is 0.00689. The van der Waals surface area contributed by atoms with Crippen LogP contribution in [0.1, 0.15) is 47.3 Å². The van der Waals surface area contributed by atoms with Gasteiger partial charge in [-0.15, -0.1) is 0 Å². The summed E-state index contributed by atoms with van der Waals surface area (Å²) in [5.74, 6) is -2.43. The molecule has 0 saturated heterocycles. The smallest absolute Gasteiger partial charge is 0.336 e. The lowest BCUT2D eigenvalue weighted by atomic mass is 9.76. The van der Waals surface area contributed by atoms with Crippen molar-refractivity contribution in [1.82, 2.24) is 4.98 Å². The lowest BCUT2D eigenvalue weighted by molar-refractivity contribution is -0.142. The largest absolute Gasteiger partial charge is 0.481 e. The summed E-state index contributed by atoms with van der Waals surface area (Å²) < 4.78 is 0. The number of carbonyl (C=O) groups is 2. The van der Waals surface area contributed by atoms with Gasteiger partial charge in [0.2, 0.25) is 0 Å². The molecule has 5 heteroatoms. The molecule has 0 amide bonds. The van der Waals surface area contributed by atoms with Crippen LogP contribution < -0.4 is 0 Å². The second kappa shape index (κ2) is 5.40. The first-order chi connectivity index (χ1) is 10.5. The molecule has 1 aliphatic rings. The van der Waals surface area contributed by atoms with Gasteiger partial charge in [0.1, 0.15) is 0 Å². The van der Waals surface area contributed by atoms with Crippen molar-refractivity contribution in [2.75, 3.05) is 0 Å². The average Bonchev–Trinajstić information content (AvgIpc) is 2.50. The van der Waals surface area contributed by atoms with Gasteiger partial charge in [-0.1, -0.05) is 25.1 Å². The molecular formula is C17H17NO4. The van der Waals surface area contributed by atoms with Gasteiger partial charge in [0.25, 0.3) is 0 Å². The van der Waals surface area contributed by atoms with E-state index in [0.29, 0.717) is 22.9 Å². The summed E-state index contributed by atoms with van der Waals surface area (Å²) in [5, 5.41) is 19.6. The van der Waals surface area contributed by atoms with Gasteiger partial charge < -0.3 is 10.2 Å². The van der Waals surface area contributed by atoms with Crippen molar-refractivity contribution in [1.29, 1.82) is 0 Å². The Kier molecular flexibility index (Phi) is 3.56. The van der Waals surface area contributed by atoms with Crippen LogP contribution in [0.3, 0.4) is 0 Å². The zero-order valence-corrected chi connectivity index (χ0v) is 12.2. The van der Waals surface area contributed by atoms with Crippen molar-refractivity contribution in [2.24, 2.45) is 5.92 Å². The maximum absolute atomic E-state index is 11.8. The van der Waals surface area contributed by atoms with E-state index in [2.05, 4.69) is 4.98 Å². The summed E-state index contributed by atoms with van der Waals surface area (Å²) in [6, 6.07) is 7.14. The molecule has 0 radical (unpaired) electrons. The molecule has 0 fully saturated rings. The van der Waals surface area contributed by atoms with Crippen LogP contribution in [0.4, 0.5) is 0 Å². The number of hydrogen-bond acceptors (Lipinski definition) is 3. The number of carboxylic acid groups (broad SMARTS) is 2. The molecule has 0 spiro atoms. The van der Waals surface area contributed by atoms with Crippen molar-refractivity contribution >= 4 is 22.8 Å². The van der Waals surface area contributed by atoms with Gasteiger partial charge >= 0.3 is 11.9 Å². The number of aliphatic carboxylic acids is 1. The van der Waals surface area contributed by atoms with Crippen LogP contribution in [0.25, 0.3) is 10.9 Å². The molecule has 22 heavy (non-hydrogen) atoms. The number of hydrogen-bond donors (Lipinski definition) is 2.